The molecule has 0 radical (unpaired) electrons. The first-order valence-corrected chi connectivity index (χ1v) is 7.48. The van der Waals surface area contributed by atoms with Crippen LogP contribution in [0.1, 0.15) is 26.7 Å². The van der Waals surface area contributed by atoms with Gasteiger partial charge in [0.1, 0.15) is 0 Å². The van der Waals surface area contributed by atoms with Gasteiger partial charge in [-0.3, -0.25) is 0 Å². The zero-order valence-corrected chi connectivity index (χ0v) is 11.4. The average molecular weight is 243 g/mol. The van der Waals surface area contributed by atoms with Crippen molar-refractivity contribution in [1.29, 1.82) is 0 Å². The molecule has 0 aromatic rings. The molecule has 0 saturated heterocycles. The molecule has 2 nitrogen and oxygen atoms in total. The van der Waals surface area contributed by atoms with Gasteiger partial charge in [0, 0.05) is 6.54 Å². The Kier molecular flexibility index (Phi) is 7.99. The van der Waals surface area contributed by atoms with Crippen LogP contribution in [0.2, 0.25) is 0 Å². The Hall–Kier alpha value is 0.01000. The van der Waals surface area contributed by atoms with Gasteiger partial charge >= 0.3 is 0 Å². The van der Waals surface area contributed by atoms with Crippen molar-refractivity contribution < 1.29 is 4.74 Å². The first-order valence-electron chi connectivity index (χ1n) is 6.33. The largest absolute Gasteiger partial charge is 0.377 e. The molecule has 0 unspecified atom stereocenters. The number of hydrogen-bond acceptors (Lipinski definition) is 3. The van der Waals surface area contributed by atoms with E-state index in [1.165, 1.54) is 23.5 Å². The quantitative estimate of drug-likeness (QED) is 0.523. The van der Waals surface area contributed by atoms with Gasteiger partial charge in [-0.1, -0.05) is 19.9 Å². The summed E-state index contributed by atoms with van der Waals surface area (Å²) in [5, 5.41) is 3.48. The highest BCUT2D eigenvalue weighted by Crippen LogP contribution is 2.08. The third-order valence-electron chi connectivity index (χ3n) is 2.43. The number of thioether (sulfide) groups is 1. The van der Waals surface area contributed by atoms with Gasteiger partial charge in [-0.2, -0.15) is 11.8 Å². The summed E-state index contributed by atoms with van der Waals surface area (Å²) in [6.45, 7) is 8.42. The molecule has 1 N–H and O–H groups in total. The summed E-state index contributed by atoms with van der Waals surface area (Å²) in [7, 11) is 0. The molecule has 0 bridgehead atoms. The van der Waals surface area contributed by atoms with E-state index < -0.39 is 0 Å². The summed E-state index contributed by atoms with van der Waals surface area (Å²) in [4.78, 5) is 0. The minimum Gasteiger partial charge on any atom is -0.377 e. The van der Waals surface area contributed by atoms with Crippen molar-refractivity contribution in [3.63, 3.8) is 0 Å². The number of hydrogen-bond donors (Lipinski definition) is 1. The fraction of sp³-hybridized carbons (Fsp3) is 0.846. The number of ether oxygens (including phenoxy) is 1. The first kappa shape index (κ1) is 14.1. The minimum atomic E-state index is 0.822. The second-order valence-corrected chi connectivity index (χ2v) is 5.85. The second-order valence-electron chi connectivity index (χ2n) is 4.70. The summed E-state index contributed by atoms with van der Waals surface area (Å²) in [5.74, 6) is 3.39. The molecule has 0 aromatic carbocycles. The van der Waals surface area contributed by atoms with E-state index in [0.717, 1.165) is 38.6 Å². The van der Waals surface area contributed by atoms with Gasteiger partial charge < -0.3 is 10.1 Å². The molecule has 1 heterocycles. The summed E-state index contributed by atoms with van der Waals surface area (Å²) in [6, 6.07) is 0. The van der Waals surface area contributed by atoms with Crippen LogP contribution in [-0.4, -0.2) is 37.8 Å². The SMILES string of the molecule is CC(C)CSCCCNCC1=CCCOC1. The zero-order chi connectivity index (χ0) is 11.6. The van der Waals surface area contributed by atoms with E-state index in [4.69, 9.17) is 4.74 Å². The lowest BCUT2D eigenvalue weighted by molar-refractivity contribution is 0.149. The molecule has 0 amide bonds. The highest BCUT2D eigenvalue weighted by Gasteiger charge is 2.02. The third kappa shape index (κ3) is 7.31. The molecule has 0 spiro atoms. The van der Waals surface area contributed by atoms with Gasteiger partial charge in [-0.05, 0) is 42.4 Å². The van der Waals surface area contributed by atoms with Crippen LogP contribution in [0, 0.1) is 5.92 Å². The van der Waals surface area contributed by atoms with Crippen molar-refractivity contribution in [1.82, 2.24) is 5.32 Å². The molecule has 1 aliphatic heterocycles. The summed E-state index contributed by atoms with van der Waals surface area (Å²) < 4.78 is 5.39. The predicted octanol–water partition coefficient (Wildman–Crippen LogP) is 2.70. The van der Waals surface area contributed by atoms with Crippen LogP contribution in [-0.2, 0) is 4.74 Å². The first-order chi connectivity index (χ1) is 7.79. The summed E-state index contributed by atoms with van der Waals surface area (Å²) in [5.41, 5.74) is 1.42. The predicted molar refractivity (Wildman–Crippen MR) is 73.2 cm³/mol. The molecule has 1 rings (SSSR count). The van der Waals surface area contributed by atoms with Gasteiger partial charge in [-0.25, -0.2) is 0 Å². The van der Waals surface area contributed by atoms with E-state index in [0.29, 0.717) is 0 Å². The van der Waals surface area contributed by atoms with E-state index in [-0.39, 0.29) is 0 Å². The van der Waals surface area contributed by atoms with Crippen molar-refractivity contribution in [3.8, 4) is 0 Å². The maximum atomic E-state index is 5.39. The highest BCUT2D eigenvalue weighted by molar-refractivity contribution is 7.99. The molecule has 1 aliphatic rings. The van der Waals surface area contributed by atoms with Crippen LogP contribution in [0.5, 0.6) is 0 Å². The lowest BCUT2D eigenvalue weighted by atomic mass is 10.2. The Labute approximate surface area is 104 Å². The number of nitrogens with one attached hydrogen (secondary N) is 1. The van der Waals surface area contributed by atoms with Crippen LogP contribution in [0.15, 0.2) is 11.6 Å². The van der Waals surface area contributed by atoms with E-state index in [1.54, 1.807) is 0 Å². The molecule has 0 aromatic heterocycles. The highest BCUT2D eigenvalue weighted by atomic mass is 32.2. The van der Waals surface area contributed by atoms with Crippen molar-refractivity contribution in [2.75, 3.05) is 37.8 Å². The molecule has 3 heteroatoms. The van der Waals surface area contributed by atoms with E-state index >= 15 is 0 Å². The Morgan fingerprint density at radius 2 is 2.38 bits per heavy atom. The van der Waals surface area contributed by atoms with Crippen LogP contribution >= 0.6 is 11.8 Å². The minimum absolute atomic E-state index is 0.822. The van der Waals surface area contributed by atoms with Crippen molar-refractivity contribution >= 4 is 11.8 Å². The Bertz CT molecular complexity index is 204. The number of rotatable bonds is 8. The molecule has 0 saturated carbocycles. The molecular formula is C13H25NOS. The molecule has 0 atom stereocenters. The lowest BCUT2D eigenvalue weighted by Crippen LogP contribution is -2.22. The van der Waals surface area contributed by atoms with Gasteiger partial charge in [0.15, 0.2) is 0 Å². The van der Waals surface area contributed by atoms with Gasteiger partial charge in [-0.15, -0.1) is 0 Å². The fourth-order valence-corrected chi connectivity index (χ4v) is 2.59. The van der Waals surface area contributed by atoms with Gasteiger partial charge in [0.25, 0.3) is 0 Å². The Balaban J connectivity index is 1.86. The van der Waals surface area contributed by atoms with E-state index in [1.807, 2.05) is 0 Å². The maximum absolute atomic E-state index is 5.39. The normalized spacial score (nSPS) is 16.6. The van der Waals surface area contributed by atoms with Crippen molar-refractivity contribution in [3.05, 3.63) is 11.6 Å². The lowest BCUT2D eigenvalue weighted by Gasteiger charge is -2.14. The van der Waals surface area contributed by atoms with Gasteiger partial charge in [0.05, 0.1) is 13.2 Å². The molecule has 16 heavy (non-hydrogen) atoms. The van der Waals surface area contributed by atoms with Crippen LogP contribution < -0.4 is 5.32 Å². The topological polar surface area (TPSA) is 21.3 Å². The van der Waals surface area contributed by atoms with Crippen LogP contribution in [0.3, 0.4) is 0 Å². The van der Waals surface area contributed by atoms with Crippen LogP contribution in [0.4, 0.5) is 0 Å². The van der Waals surface area contributed by atoms with Crippen molar-refractivity contribution in [2.24, 2.45) is 5.92 Å². The molecule has 0 fully saturated rings. The van der Waals surface area contributed by atoms with Crippen molar-refractivity contribution in [2.45, 2.75) is 26.7 Å². The maximum Gasteiger partial charge on any atom is 0.0689 e. The Morgan fingerprint density at radius 3 is 3.06 bits per heavy atom. The smallest absolute Gasteiger partial charge is 0.0689 e. The Morgan fingerprint density at radius 1 is 1.50 bits per heavy atom. The summed E-state index contributed by atoms with van der Waals surface area (Å²) >= 11 is 2.07. The molecule has 94 valence electrons. The second kappa shape index (κ2) is 9.08. The van der Waals surface area contributed by atoms with Crippen LogP contribution in [0.25, 0.3) is 0 Å². The monoisotopic (exact) mass is 243 g/mol. The fourth-order valence-electron chi connectivity index (χ4n) is 1.60. The van der Waals surface area contributed by atoms with E-state index in [2.05, 4.69) is 37.0 Å². The molecule has 0 aliphatic carbocycles. The molecular weight excluding hydrogens is 218 g/mol. The third-order valence-corrected chi connectivity index (χ3v) is 3.91. The zero-order valence-electron chi connectivity index (χ0n) is 10.6. The average Bonchev–Trinajstić information content (AvgIpc) is 2.29. The summed E-state index contributed by atoms with van der Waals surface area (Å²) in [6.07, 6.45) is 4.66. The standard InChI is InChI=1S/C13H25NOS/c1-12(2)11-16-8-4-6-14-9-13-5-3-7-15-10-13/h5,12,14H,3-4,6-11H2,1-2H3. The van der Waals surface area contributed by atoms with Gasteiger partial charge in [0.2, 0.25) is 0 Å². The van der Waals surface area contributed by atoms with E-state index in [9.17, 15) is 0 Å².